The summed E-state index contributed by atoms with van der Waals surface area (Å²) in [6.07, 6.45) is 4.76. The summed E-state index contributed by atoms with van der Waals surface area (Å²) in [4.78, 5) is 23.0. The third kappa shape index (κ3) is 4.45. The molecule has 1 amide bonds. The molecule has 1 aromatic rings. The van der Waals surface area contributed by atoms with Crippen molar-refractivity contribution < 1.29 is 14.7 Å². The van der Waals surface area contributed by atoms with Gasteiger partial charge < -0.3 is 10.4 Å². The molecule has 0 fully saturated rings. The first-order valence-electron chi connectivity index (χ1n) is 7.46. The van der Waals surface area contributed by atoms with Crippen LogP contribution in [0.15, 0.2) is 41.5 Å². The van der Waals surface area contributed by atoms with Gasteiger partial charge in [-0.15, -0.1) is 0 Å². The molecule has 1 aliphatic carbocycles. The SMILES string of the molecule is O=C(O)C1=C(C(=O)NCCCCc2ccccc2)CCC1. The molecular formula is C17H21NO3. The van der Waals surface area contributed by atoms with Crippen LogP contribution in [-0.2, 0) is 16.0 Å². The number of aryl methyl sites for hydroxylation is 1. The van der Waals surface area contributed by atoms with Gasteiger partial charge in [0.15, 0.2) is 0 Å². The van der Waals surface area contributed by atoms with Gasteiger partial charge in [-0.3, -0.25) is 4.79 Å². The summed E-state index contributed by atoms with van der Waals surface area (Å²) in [6.45, 7) is 0.599. The summed E-state index contributed by atoms with van der Waals surface area (Å²) in [5.74, 6) is -1.16. The van der Waals surface area contributed by atoms with Gasteiger partial charge in [-0.25, -0.2) is 4.79 Å². The van der Waals surface area contributed by atoms with E-state index in [0.29, 0.717) is 25.0 Å². The van der Waals surface area contributed by atoms with E-state index < -0.39 is 5.97 Å². The van der Waals surface area contributed by atoms with Gasteiger partial charge in [0.25, 0.3) is 0 Å². The second kappa shape index (κ2) is 7.62. The minimum atomic E-state index is -0.957. The molecule has 0 unspecified atom stereocenters. The molecule has 0 aromatic heterocycles. The molecule has 0 aliphatic heterocycles. The third-order valence-corrected chi connectivity index (χ3v) is 3.77. The number of carbonyl (C=O) groups is 2. The molecule has 2 N–H and O–H groups in total. The number of carbonyl (C=O) groups excluding carboxylic acids is 1. The van der Waals surface area contributed by atoms with Gasteiger partial charge in [-0.1, -0.05) is 30.3 Å². The fourth-order valence-corrected chi connectivity index (χ4v) is 2.64. The van der Waals surface area contributed by atoms with E-state index in [-0.39, 0.29) is 11.5 Å². The molecule has 0 saturated heterocycles. The first-order valence-corrected chi connectivity index (χ1v) is 7.46. The Labute approximate surface area is 124 Å². The van der Waals surface area contributed by atoms with Crippen molar-refractivity contribution in [2.45, 2.75) is 38.5 Å². The summed E-state index contributed by atoms with van der Waals surface area (Å²) in [5.41, 5.74) is 2.05. The van der Waals surface area contributed by atoms with E-state index in [2.05, 4.69) is 17.4 Å². The fourth-order valence-electron chi connectivity index (χ4n) is 2.64. The second-order valence-corrected chi connectivity index (χ2v) is 5.31. The van der Waals surface area contributed by atoms with Crippen LogP contribution in [0.25, 0.3) is 0 Å². The largest absolute Gasteiger partial charge is 0.478 e. The molecule has 2 rings (SSSR count). The van der Waals surface area contributed by atoms with Crippen molar-refractivity contribution in [2.75, 3.05) is 6.54 Å². The summed E-state index contributed by atoms with van der Waals surface area (Å²) < 4.78 is 0. The topological polar surface area (TPSA) is 66.4 Å². The highest BCUT2D eigenvalue weighted by molar-refractivity contribution is 6.02. The maximum atomic E-state index is 12.0. The molecule has 0 spiro atoms. The number of hydrogen-bond donors (Lipinski definition) is 2. The van der Waals surface area contributed by atoms with Gasteiger partial charge in [0.1, 0.15) is 0 Å². The number of rotatable bonds is 7. The van der Waals surface area contributed by atoms with Gasteiger partial charge >= 0.3 is 5.97 Å². The Morgan fingerprint density at radius 3 is 2.48 bits per heavy atom. The average Bonchev–Trinajstić information content (AvgIpc) is 2.97. The van der Waals surface area contributed by atoms with E-state index in [1.165, 1.54) is 5.56 Å². The van der Waals surface area contributed by atoms with E-state index in [0.717, 1.165) is 25.7 Å². The number of carboxylic acids is 1. The monoisotopic (exact) mass is 287 g/mol. The minimum absolute atomic E-state index is 0.204. The Bertz CT molecular complexity index is 534. The van der Waals surface area contributed by atoms with Crippen LogP contribution >= 0.6 is 0 Å². The number of aliphatic carboxylic acids is 1. The number of nitrogens with one attached hydrogen (secondary N) is 1. The van der Waals surface area contributed by atoms with Crippen molar-refractivity contribution in [3.63, 3.8) is 0 Å². The lowest BCUT2D eigenvalue weighted by atomic mass is 10.1. The standard InChI is InChI=1S/C17H21NO3/c19-16(14-10-6-11-15(14)17(20)21)18-12-5-4-9-13-7-2-1-3-8-13/h1-3,7-8H,4-6,9-12H2,(H,18,19)(H,20,21). The highest BCUT2D eigenvalue weighted by Crippen LogP contribution is 2.26. The highest BCUT2D eigenvalue weighted by atomic mass is 16.4. The number of hydrogen-bond acceptors (Lipinski definition) is 2. The van der Waals surface area contributed by atoms with E-state index in [9.17, 15) is 9.59 Å². The molecule has 1 aromatic carbocycles. The Kier molecular flexibility index (Phi) is 5.55. The predicted molar refractivity (Wildman–Crippen MR) is 80.9 cm³/mol. The zero-order valence-electron chi connectivity index (χ0n) is 12.1. The first kappa shape index (κ1) is 15.3. The van der Waals surface area contributed by atoms with Crippen molar-refractivity contribution in [3.8, 4) is 0 Å². The molecule has 4 heteroatoms. The molecule has 1 aliphatic rings. The smallest absolute Gasteiger partial charge is 0.332 e. The molecule has 21 heavy (non-hydrogen) atoms. The molecule has 0 heterocycles. The minimum Gasteiger partial charge on any atom is -0.478 e. The lowest BCUT2D eigenvalue weighted by molar-refractivity contribution is -0.133. The summed E-state index contributed by atoms with van der Waals surface area (Å²) >= 11 is 0. The number of benzene rings is 1. The van der Waals surface area contributed by atoms with Crippen molar-refractivity contribution in [3.05, 3.63) is 47.0 Å². The Morgan fingerprint density at radius 2 is 1.76 bits per heavy atom. The van der Waals surface area contributed by atoms with Crippen LogP contribution in [0.5, 0.6) is 0 Å². The van der Waals surface area contributed by atoms with Gasteiger partial charge in [-0.05, 0) is 44.1 Å². The summed E-state index contributed by atoms with van der Waals surface area (Å²) in [5, 5.41) is 11.9. The number of unbranched alkanes of at least 4 members (excludes halogenated alkanes) is 1. The lowest BCUT2D eigenvalue weighted by Gasteiger charge is -2.07. The molecule has 0 atom stereocenters. The molecule has 4 nitrogen and oxygen atoms in total. The predicted octanol–water partition coefficient (Wildman–Crippen LogP) is 2.69. The van der Waals surface area contributed by atoms with Gasteiger partial charge in [0, 0.05) is 17.7 Å². The fraction of sp³-hybridized carbons (Fsp3) is 0.412. The van der Waals surface area contributed by atoms with Gasteiger partial charge in [0.05, 0.1) is 0 Å². The zero-order chi connectivity index (χ0) is 15.1. The quantitative estimate of drug-likeness (QED) is 0.758. The van der Waals surface area contributed by atoms with Gasteiger partial charge in [0.2, 0.25) is 5.91 Å². The summed E-state index contributed by atoms with van der Waals surface area (Å²) in [6, 6.07) is 10.2. The average molecular weight is 287 g/mol. The molecule has 0 bridgehead atoms. The normalized spacial score (nSPS) is 14.3. The van der Waals surface area contributed by atoms with Crippen LogP contribution in [0.3, 0.4) is 0 Å². The van der Waals surface area contributed by atoms with Crippen LogP contribution in [0, 0.1) is 0 Å². The number of amides is 1. The van der Waals surface area contributed by atoms with Crippen LogP contribution < -0.4 is 5.32 Å². The Morgan fingerprint density at radius 1 is 1.05 bits per heavy atom. The maximum absolute atomic E-state index is 12.0. The van der Waals surface area contributed by atoms with Crippen LogP contribution in [0.1, 0.15) is 37.7 Å². The zero-order valence-corrected chi connectivity index (χ0v) is 12.1. The van der Waals surface area contributed by atoms with Crippen LogP contribution in [0.4, 0.5) is 0 Å². The van der Waals surface area contributed by atoms with E-state index in [1.807, 2.05) is 18.2 Å². The Balaban J connectivity index is 1.70. The van der Waals surface area contributed by atoms with Crippen molar-refractivity contribution in [1.82, 2.24) is 5.32 Å². The van der Waals surface area contributed by atoms with Gasteiger partial charge in [-0.2, -0.15) is 0 Å². The number of carboxylic acid groups (broad SMARTS) is 1. The maximum Gasteiger partial charge on any atom is 0.332 e. The third-order valence-electron chi connectivity index (χ3n) is 3.77. The molecule has 112 valence electrons. The first-order chi connectivity index (χ1) is 10.2. The molecule has 0 saturated carbocycles. The van der Waals surface area contributed by atoms with Crippen molar-refractivity contribution in [1.29, 1.82) is 0 Å². The highest BCUT2D eigenvalue weighted by Gasteiger charge is 2.24. The van der Waals surface area contributed by atoms with Crippen molar-refractivity contribution in [2.24, 2.45) is 0 Å². The van der Waals surface area contributed by atoms with Crippen molar-refractivity contribution >= 4 is 11.9 Å². The van der Waals surface area contributed by atoms with Crippen LogP contribution in [-0.4, -0.2) is 23.5 Å². The molecular weight excluding hydrogens is 266 g/mol. The summed E-state index contributed by atoms with van der Waals surface area (Å²) in [7, 11) is 0. The Hall–Kier alpha value is -2.10. The second-order valence-electron chi connectivity index (χ2n) is 5.31. The van der Waals surface area contributed by atoms with Crippen LogP contribution in [0.2, 0.25) is 0 Å². The van der Waals surface area contributed by atoms with E-state index in [4.69, 9.17) is 5.11 Å². The van der Waals surface area contributed by atoms with E-state index >= 15 is 0 Å². The molecule has 0 radical (unpaired) electrons. The lowest BCUT2D eigenvalue weighted by Crippen LogP contribution is -2.26. The van der Waals surface area contributed by atoms with E-state index in [1.54, 1.807) is 0 Å².